The molecule has 78 valence electrons. The average molecular weight is 184 g/mol. The van der Waals surface area contributed by atoms with Crippen LogP contribution in [0.25, 0.3) is 0 Å². The minimum atomic E-state index is 0.282. The molecule has 13 heavy (non-hydrogen) atoms. The summed E-state index contributed by atoms with van der Waals surface area (Å²) in [7, 11) is 0. The maximum Gasteiger partial charge on any atom is 0.133 e. The van der Waals surface area contributed by atoms with Gasteiger partial charge in [-0.15, -0.1) is 0 Å². The first-order valence-electron chi connectivity index (χ1n) is 5.53. The van der Waals surface area contributed by atoms with Gasteiger partial charge in [-0.05, 0) is 25.2 Å². The molecule has 0 rings (SSSR count). The Morgan fingerprint density at radius 3 is 1.85 bits per heavy atom. The van der Waals surface area contributed by atoms with E-state index in [0.717, 1.165) is 12.3 Å². The second-order valence-corrected chi connectivity index (χ2v) is 4.38. The van der Waals surface area contributed by atoms with E-state index in [0.29, 0.717) is 11.7 Å². The van der Waals surface area contributed by atoms with E-state index < -0.39 is 0 Å². The molecule has 1 unspecified atom stereocenters. The molecule has 0 aliphatic heterocycles. The Morgan fingerprint density at radius 1 is 1.15 bits per heavy atom. The molecule has 0 aromatic rings. The number of hydrogen-bond acceptors (Lipinski definition) is 1. The van der Waals surface area contributed by atoms with Gasteiger partial charge in [-0.3, -0.25) is 4.79 Å². The van der Waals surface area contributed by atoms with E-state index in [2.05, 4.69) is 27.7 Å². The molecule has 0 amide bonds. The van der Waals surface area contributed by atoms with Crippen molar-refractivity contribution in [2.45, 2.75) is 53.9 Å². The van der Waals surface area contributed by atoms with E-state index in [1.807, 2.05) is 0 Å². The Labute approximate surface area is 82.9 Å². The van der Waals surface area contributed by atoms with Crippen LogP contribution >= 0.6 is 0 Å². The summed E-state index contributed by atoms with van der Waals surface area (Å²) in [5.41, 5.74) is 0. The molecule has 0 spiro atoms. The highest BCUT2D eigenvalue weighted by Crippen LogP contribution is 2.25. The summed E-state index contributed by atoms with van der Waals surface area (Å²) in [6, 6.07) is 0. The van der Waals surface area contributed by atoms with Gasteiger partial charge in [0.1, 0.15) is 5.78 Å². The van der Waals surface area contributed by atoms with Gasteiger partial charge in [-0.1, -0.05) is 40.5 Å². The van der Waals surface area contributed by atoms with Crippen molar-refractivity contribution in [2.24, 2.45) is 17.8 Å². The van der Waals surface area contributed by atoms with Crippen LogP contribution in [0.5, 0.6) is 0 Å². The van der Waals surface area contributed by atoms with Crippen LogP contribution in [0.3, 0.4) is 0 Å². The van der Waals surface area contributed by atoms with Crippen molar-refractivity contribution in [1.82, 2.24) is 0 Å². The highest BCUT2D eigenvalue weighted by molar-refractivity contribution is 5.78. The van der Waals surface area contributed by atoms with E-state index in [9.17, 15) is 4.79 Å². The number of ketones is 1. The van der Waals surface area contributed by atoms with Gasteiger partial charge >= 0.3 is 0 Å². The van der Waals surface area contributed by atoms with Crippen molar-refractivity contribution in [2.75, 3.05) is 0 Å². The molecule has 0 saturated carbocycles. The lowest BCUT2D eigenvalue weighted by molar-refractivity contribution is -0.122. The van der Waals surface area contributed by atoms with Gasteiger partial charge in [0.2, 0.25) is 0 Å². The standard InChI is InChI=1S/C12H24O/c1-6-11(7-2)8-12(9(3)4)10(5)13/h9,11-12H,6-8H2,1-5H3. The largest absolute Gasteiger partial charge is 0.300 e. The number of hydrogen-bond donors (Lipinski definition) is 0. The van der Waals surface area contributed by atoms with Crippen molar-refractivity contribution in [1.29, 1.82) is 0 Å². The predicted octanol–water partition coefficient (Wildman–Crippen LogP) is 3.67. The van der Waals surface area contributed by atoms with E-state index in [4.69, 9.17) is 0 Å². The molecule has 0 aromatic heterocycles. The minimum absolute atomic E-state index is 0.282. The van der Waals surface area contributed by atoms with Crippen LogP contribution < -0.4 is 0 Å². The molecule has 0 saturated heterocycles. The SMILES string of the molecule is CCC(CC)CC(C(C)=O)C(C)C. The summed E-state index contributed by atoms with van der Waals surface area (Å²) in [5.74, 6) is 1.88. The lowest BCUT2D eigenvalue weighted by atomic mass is 9.82. The summed E-state index contributed by atoms with van der Waals surface area (Å²) in [5, 5.41) is 0. The highest BCUT2D eigenvalue weighted by Gasteiger charge is 2.21. The van der Waals surface area contributed by atoms with Crippen LogP contribution in [0.2, 0.25) is 0 Å². The quantitative estimate of drug-likeness (QED) is 0.615. The third kappa shape index (κ3) is 4.44. The van der Waals surface area contributed by atoms with Crippen LogP contribution in [0.4, 0.5) is 0 Å². The summed E-state index contributed by atoms with van der Waals surface area (Å²) < 4.78 is 0. The van der Waals surface area contributed by atoms with E-state index in [1.165, 1.54) is 12.8 Å². The second kappa shape index (κ2) is 6.17. The van der Waals surface area contributed by atoms with Crippen LogP contribution in [-0.4, -0.2) is 5.78 Å². The van der Waals surface area contributed by atoms with Crippen molar-refractivity contribution >= 4 is 5.78 Å². The maximum absolute atomic E-state index is 11.4. The van der Waals surface area contributed by atoms with Crippen molar-refractivity contribution in [3.8, 4) is 0 Å². The summed E-state index contributed by atoms with van der Waals surface area (Å²) in [6.07, 6.45) is 3.49. The van der Waals surface area contributed by atoms with E-state index in [-0.39, 0.29) is 5.92 Å². The van der Waals surface area contributed by atoms with Gasteiger partial charge in [-0.25, -0.2) is 0 Å². The van der Waals surface area contributed by atoms with E-state index in [1.54, 1.807) is 6.92 Å². The fourth-order valence-electron chi connectivity index (χ4n) is 1.89. The third-order valence-corrected chi connectivity index (χ3v) is 3.07. The van der Waals surface area contributed by atoms with Crippen LogP contribution in [0, 0.1) is 17.8 Å². The summed E-state index contributed by atoms with van der Waals surface area (Å²) >= 11 is 0. The Hall–Kier alpha value is -0.330. The summed E-state index contributed by atoms with van der Waals surface area (Å²) in [6.45, 7) is 10.5. The first-order valence-corrected chi connectivity index (χ1v) is 5.53. The molecule has 1 nitrogen and oxygen atoms in total. The molecule has 0 aliphatic carbocycles. The Balaban J connectivity index is 4.16. The zero-order valence-corrected chi connectivity index (χ0v) is 9.76. The lowest BCUT2D eigenvalue weighted by Gasteiger charge is -2.22. The van der Waals surface area contributed by atoms with Gasteiger partial charge in [0, 0.05) is 5.92 Å². The Bertz CT molecular complexity index is 145. The molecule has 0 radical (unpaired) electrons. The third-order valence-electron chi connectivity index (χ3n) is 3.07. The van der Waals surface area contributed by atoms with Gasteiger partial charge in [0.05, 0.1) is 0 Å². The van der Waals surface area contributed by atoms with E-state index >= 15 is 0 Å². The highest BCUT2D eigenvalue weighted by atomic mass is 16.1. The van der Waals surface area contributed by atoms with Gasteiger partial charge in [0.25, 0.3) is 0 Å². The first kappa shape index (κ1) is 12.7. The fourth-order valence-corrected chi connectivity index (χ4v) is 1.89. The van der Waals surface area contributed by atoms with Crippen molar-refractivity contribution in [3.63, 3.8) is 0 Å². The fraction of sp³-hybridized carbons (Fsp3) is 0.917. The minimum Gasteiger partial charge on any atom is -0.300 e. The van der Waals surface area contributed by atoms with Gasteiger partial charge in [0.15, 0.2) is 0 Å². The zero-order valence-electron chi connectivity index (χ0n) is 9.76. The molecule has 0 fully saturated rings. The number of Topliss-reactive ketones (excluding diaryl/α,β-unsaturated/α-hetero) is 1. The number of rotatable bonds is 6. The molecule has 0 aromatic carbocycles. The van der Waals surface area contributed by atoms with Crippen LogP contribution in [0.1, 0.15) is 53.9 Å². The summed E-state index contributed by atoms with van der Waals surface area (Å²) in [4.78, 5) is 11.4. The topological polar surface area (TPSA) is 17.1 Å². The van der Waals surface area contributed by atoms with Gasteiger partial charge in [-0.2, -0.15) is 0 Å². The first-order chi connectivity index (χ1) is 6.02. The smallest absolute Gasteiger partial charge is 0.133 e. The normalized spacial score (nSPS) is 13.8. The number of carbonyl (C=O) groups excluding carboxylic acids is 1. The number of carbonyl (C=O) groups is 1. The maximum atomic E-state index is 11.4. The average Bonchev–Trinajstić information content (AvgIpc) is 2.05. The second-order valence-electron chi connectivity index (χ2n) is 4.38. The molecule has 0 N–H and O–H groups in total. The molecule has 0 aliphatic rings. The molecule has 0 heterocycles. The van der Waals surface area contributed by atoms with Crippen LogP contribution in [0.15, 0.2) is 0 Å². The van der Waals surface area contributed by atoms with Crippen molar-refractivity contribution < 1.29 is 4.79 Å². The van der Waals surface area contributed by atoms with Crippen molar-refractivity contribution in [3.05, 3.63) is 0 Å². The van der Waals surface area contributed by atoms with Gasteiger partial charge < -0.3 is 0 Å². The molecular formula is C12H24O. The zero-order chi connectivity index (χ0) is 10.4. The molecule has 1 heteroatoms. The Kier molecular flexibility index (Phi) is 6.02. The molecule has 0 bridgehead atoms. The lowest BCUT2D eigenvalue weighted by Crippen LogP contribution is -2.20. The predicted molar refractivity (Wildman–Crippen MR) is 57.7 cm³/mol. The van der Waals surface area contributed by atoms with Crippen LogP contribution in [-0.2, 0) is 4.79 Å². The monoisotopic (exact) mass is 184 g/mol. The Morgan fingerprint density at radius 2 is 1.62 bits per heavy atom. The molecule has 1 atom stereocenters. The molecular weight excluding hydrogens is 160 g/mol.